The van der Waals surface area contributed by atoms with Gasteiger partial charge in [0.2, 0.25) is 5.95 Å². The maximum Gasteiger partial charge on any atom is 0.420 e. The molecule has 2 heterocycles. The summed E-state index contributed by atoms with van der Waals surface area (Å²) in [5.74, 6) is -0.00950. The first-order chi connectivity index (χ1) is 12.0. The van der Waals surface area contributed by atoms with Crippen molar-refractivity contribution in [1.82, 2.24) is 19.5 Å². The van der Waals surface area contributed by atoms with E-state index < -0.39 is 17.6 Å². The molecule has 128 valence electrons. The van der Waals surface area contributed by atoms with Gasteiger partial charge in [-0.15, -0.1) is 0 Å². The minimum absolute atomic E-state index is 0.0272. The number of H-pyrrole nitrogens is 1. The van der Waals surface area contributed by atoms with Crippen LogP contribution in [-0.4, -0.2) is 45.7 Å². The maximum absolute atomic E-state index is 12.2. The number of benzene rings is 1. The summed E-state index contributed by atoms with van der Waals surface area (Å²) in [6.07, 6.45) is 0.362. The summed E-state index contributed by atoms with van der Waals surface area (Å²) in [5, 5.41) is 2.46. The molecule has 0 unspecified atom stereocenters. The summed E-state index contributed by atoms with van der Waals surface area (Å²) in [5.41, 5.74) is -0.337. The zero-order valence-corrected chi connectivity index (χ0v) is 13.3. The predicted octanol–water partition coefficient (Wildman–Crippen LogP) is 0.995. The molecule has 3 aromatic rings. The van der Waals surface area contributed by atoms with Crippen molar-refractivity contribution >= 4 is 29.1 Å². The molecule has 0 fully saturated rings. The normalized spacial score (nSPS) is 10.5. The fourth-order valence-electron chi connectivity index (χ4n) is 2.12. The van der Waals surface area contributed by atoms with Crippen molar-refractivity contribution in [3.8, 4) is 5.75 Å². The quantitative estimate of drug-likeness (QED) is 0.726. The number of imidazole rings is 1. The van der Waals surface area contributed by atoms with E-state index in [4.69, 9.17) is 4.74 Å². The summed E-state index contributed by atoms with van der Waals surface area (Å²) >= 11 is 0. The standard InChI is InChI=1S/C15H13N5O5/c1-24-9-5-3-8(4-6-9)12(21)18-14-17-11-10(13(22)19-14)16-7-20(11)15(23)25-2/h3-7H,1-2H3,(H2,17,18,19,21,22). The number of methoxy groups -OCH3 is 2. The highest BCUT2D eigenvalue weighted by molar-refractivity contribution is 6.03. The van der Waals surface area contributed by atoms with Gasteiger partial charge in [0.1, 0.15) is 12.1 Å². The van der Waals surface area contributed by atoms with E-state index in [1.165, 1.54) is 14.2 Å². The molecule has 0 atom stereocenters. The number of fused-ring (bicyclic) bond motifs is 1. The van der Waals surface area contributed by atoms with Gasteiger partial charge < -0.3 is 9.47 Å². The van der Waals surface area contributed by atoms with Gasteiger partial charge >= 0.3 is 6.09 Å². The van der Waals surface area contributed by atoms with Crippen LogP contribution in [0.1, 0.15) is 10.4 Å². The third kappa shape index (κ3) is 3.04. The van der Waals surface area contributed by atoms with Crippen molar-refractivity contribution in [3.63, 3.8) is 0 Å². The van der Waals surface area contributed by atoms with Crippen molar-refractivity contribution in [2.75, 3.05) is 19.5 Å². The van der Waals surface area contributed by atoms with Gasteiger partial charge in [0.05, 0.1) is 14.2 Å². The number of aromatic nitrogens is 4. The number of carbonyl (C=O) groups is 2. The number of nitrogens with one attached hydrogen (secondary N) is 2. The van der Waals surface area contributed by atoms with Crippen LogP contribution in [0.2, 0.25) is 0 Å². The molecule has 0 aliphatic carbocycles. The second-order valence-corrected chi connectivity index (χ2v) is 4.85. The van der Waals surface area contributed by atoms with Crippen molar-refractivity contribution < 1.29 is 19.1 Å². The van der Waals surface area contributed by atoms with E-state index >= 15 is 0 Å². The fraction of sp³-hybridized carbons (Fsp3) is 0.133. The smallest absolute Gasteiger partial charge is 0.420 e. The monoisotopic (exact) mass is 343 g/mol. The van der Waals surface area contributed by atoms with Crippen LogP contribution in [0.5, 0.6) is 5.75 Å². The van der Waals surface area contributed by atoms with Gasteiger partial charge in [0.25, 0.3) is 11.5 Å². The molecule has 1 amide bonds. The Morgan fingerprint density at radius 2 is 1.92 bits per heavy atom. The lowest BCUT2D eigenvalue weighted by molar-refractivity contribution is 0.102. The molecule has 0 saturated carbocycles. The highest BCUT2D eigenvalue weighted by Crippen LogP contribution is 2.13. The zero-order chi connectivity index (χ0) is 18.0. The van der Waals surface area contributed by atoms with E-state index in [-0.39, 0.29) is 17.1 Å². The van der Waals surface area contributed by atoms with Gasteiger partial charge in [-0.05, 0) is 24.3 Å². The molecule has 0 aliphatic heterocycles. The molecule has 0 bridgehead atoms. The minimum Gasteiger partial charge on any atom is -0.497 e. The Kier molecular flexibility index (Phi) is 4.16. The average Bonchev–Trinajstić information content (AvgIpc) is 3.05. The van der Waals surface area contributed by atoms with E-state index in [1.54, 1.807) is 24.3 Å². The van der Waals surface area contributed by atoms with Crippen LogP contribution in [0.25, 0.3) is 11.2 Å². The molecule has 25 heavy (non-hydrogen) atoms. The van der Waals surface area contributed by atoms with Gasteiger partial charge in [-0.3, -0.25) is 19.9 Å². The van der Waals surface area contributed by atoms with E-state index in [0.29, 0.717) is 11.3 Å². The predicted molar refractivity (Wildman–Crippen MR) is 86.9 cm³/mol. The Hall–Kier alpha value is -3.69. The minimum atomic E-state index is -0.756. The first-order valence-corrected chi connectivity index (χ1v) is 7.04. The highest BCUT2D eigenvalue weighted by atomic mass is 16.5. The highest BCUT2D eigenvalue weighted by Gasteiger charge is 2.16. The van der Waals surface area contributed by atoms with Crippen molar-refractivity contribution in [3.05, 3.63) is 46.5 Å². The van der Waals surface area contributed by atoms with Crippen LogP contribution in [0.4, 0.5) is 10.7 Å². The Bertz CT molecular complexity index is 1010. The molecule has 0 saturated heterocycles. The summed E-state index contributed by atoms with van der Waals surface area (Å²) < 4.78 is 10.6. The Balaban J connectivity index is 1.94. The Morgan fingerprint density at radius 3 is 2.56 bits per heavy atom. The molecule has 2 N–H and O–H groups in total. The molecule has 0 aliphatic rings. The van der Waals surface area contributed by atoms with Crippen LogP contribution >= 0.6 is 0 Å². The number of hydrogen-bond donors (Lipinski definition) is 2. The molecule has 3 rings (SSSR count). The molecular weight excluding hydrogens is 330 g/mol. The van der Waals surface area contributed by atoms with E-state index in [1.807, 2.05) is 0 Å². The molecule has 0 radical (unpaired) electrons. The third-order valence-electron chi connectivity index (χ3n) is 3.36. The lowest BCUT2D eigenvalue weighted by atomic mass is 10.2. The largest absolute Gasteiger partial charge is 0.497 e. The van der Waals surface area contributed by atoms with E-state index in [0.717, 1.165) is 10.9 Å². The average molecular weight is 343 g/mol. The van der Waals surface area contributed by atoms with Gasteiger partial charge in [0.15, 0.2) is 11.2 Å². The molecule has 10 nitrogen and oxygen atoms in total. The molecule has 0 spiro atoms. The molecule has 1 aromatic carbocycles. The number of anilines is 1. The van der Waals surface area contributed by atoms with Crippen LogP contribution in [0.15, 0.2) is 35.4 Å². The second-order valence-electron chi connectivity index (χ2n) is 4.85. The van der Waals surface area contributed by atoms with Gasteiger partial charge in [-0.25, -0.2) is 14.3 Å². The summed E-state index contributed by atoms with van der Waals surface area (Å²) in [4.78, 5) is 46.2. The number of ether oxygens (including phenoxy) is 2. The first kappa shape index (κ1) is 16.2. The van der Waals surface area contributed by atoms with Crippen molar-refractivity contribution in [2.45, 2.75) is 0 Å². The number of nitrogens with zero attached hydrogens (tertiary/aromatic N) is 3. The molecular formula is C15H13N5O5. The summed E-state index contributed by atoms with van der Waals surface area (Å²) in [6, 6.07) is 6.37. The Morgan fingerprint density at radius 1 is 1.20 bits per heavy atom. The third-order valence-corrected chi connectivity index (χ3v) is 3.36. The topological polar surface area (TPSA) is 128 Å². The molecule has 10 heteroatoms. The van der Waals surface area contributed by atoms with Gasteiger partial charge in [0, 0.05) is 5.56 Å². The van der Waals surface area contributed by atoms with Gasteiger partial charge in [-0.2, -0.15) is 4.98 Å². The SMILES string of the molecule is COC(=O)n1cnc2c(=O)[nH]c(NC(=O)c3ccc(OC)cc3)nc21. The Labute approximate surface area is 140 Å². The fourth-order valence-corrected chi connectivity index (χ4v) is 2.12. The number of aromatic amines is 1. The maximum atomic E-state index is 12.2. The summed E-state index contributed by atoms with van der Waals surface area (Å²) in [6.45, 7) is 0. The van der Waals surface area contributed by atoms with Crippen LogP contribution in [0, 0.1) is 0 Å². The van der Waals surface area contributed by atoms with Crippen LogP contribution in [-0.2, 0) is 4.74 Å². The second kappa shape index (κ2) is 6.43. The summed E-state index contributed by atoms with van der Waals surface area (Å²) in [7, 11) is 2.71. The van der Waals surface area contributed by atoms with Crippen LogP contribution in [0.3, 0.4) is 0 Å². The number of hydrogen-bond acceptors (Lipinski definition) is 7. The zero-order valence-electron chi connectivity index (χ0n) is 13.3. The van der Waals surface area contributed by atoms with Crippen LogP contribution < -0.4 is 15.6 Å². The number of carbonyl (C=O) groups excluding carboxylic acids is 2. The number of rotatable bonds is 3. The van der Waals surface area contributed by atoms with E-state index in [2.05, 4.69) is 25.0 Å². The van der Waals surface area contributed by atoms with Crippen molar-refractivity contribution in [2.24, 2.45) is 0 Å². The lowest BCUT2D eigenvalue weighted by Gasteiger charge is -2.06. The first-order valence-electron chi connectivity index (χ1n) is 7.04. The van der Waals surface area contributed by atoms with Crippen molar-refractivity contribution in [1.29, 1.82) is 0 Å². The number of amides is 1. The lowest BCUT2D eigenvalue weighted by Crippen LogP contribution is -2.20. The molecule has 2 aromatic heterocycles. The van der Waals surface area contributed by atoms with Gasteiger partial charge in [-0.1, -0.05) is 0 Å². The van der Waals surface area contributed by atoms with E-state index in [9.17, 15) is 14.4 Å².